The van der Waals surface area contributed by atoms with Crippen LogP contribution in [0.4, 0.5) is 5.69 Å². The molecule has 3 nitrogen and oxygen atoms in total. The van der Waals surface area contributed by atoms with Gasteiger partial charge in [0.25, 0.3) is 0 Å². The molecular formula is C11H11N3S2. The van der Waals surface area contributed by atoms with Crippen LogP contribution in [0.25, 0.3) is 0 Å². The Balaban J connectivity index is 1.98. The fraction of sp³-hybridized carbons (Fsp3) is 0.0909. The number of hydrogen-bond acceptors (Lipinski definition) is 4. The molecule has 2 heterocycles. The summed E-state index contributed by atoms with van der Waals surface area (Å²) in [6.07, 6.45) is 1.74. The largest absolute Gasteiger partial charge is 0.388 e. The third-order valence-corrected chi connectivity index (χ3v) is 3.15. The molecule has 0 aliphatic carbocycles. The van der Waals surface area contributed by atoms with Gasteiger partial charge >= 0.3 is 0 Å². The fourth-order valence-corrected chi connectivity index (χ4v) is 2.01. The summed E-state index contributed by atoms with van der Waals surface area (Å²) in [5.41, 5.74) is 7.08. The highest BCUT2D eigenvalue weighted by Crippen LogP contribution is 2.12. The average molecular weight is 249 g/mol. The summed E-state index contributed by atoms with van der Waals surface area (Å²) in [5.74, 6) is 0. The number of nitrogens with zero attached hydrogens (tertiary/aromatic N) is 1. The van der Waals surface area contributed by atoms with Crippen molar-refractivity contribution in [3.05, 3.63) is 46.4 Å². The van der Waals surface area contributed by atoms with Crippen LogP contribution in [0.1, 0.15) is 10.6 Å². The minimum atomic E-state index is 0.324. The minimum Gasteiger partial charge on any atom is -0.388 e. The molecule has 0 radical (unpaired) electrons. The summed E-state index contributed by atoms with van der Waals surface area (Å²) in [6.45, 7) is 0.811. The Morgan fingerprint density at radius 3 is 2.88 bits per heavy atom. The van der Waals surface area contributed by atoms with Crippen LogP contribution in [0.15, 0.2) is 35.8 Å². The van der Waals surface area contributed by atoms with Crippen molar-refractivity contribution in [1.29, 1.82) is 0 Å². The topological polar surface area (TPSA) is 50.9 Å². The number of nitrogens with two attached hydrogens (primary N) is 1. The van der Waals surface area contributed by atoms with E-state index in [9.17, 15) is 0 Å². The lowest BCUT2D eigenvalue weighted by Crippen LogP contribution is -2.11. The van der Waals surface area contributed by atoms with Crippen molar-refractivity contribution in [2.75, 3.05) is 5.32 Å². The van der Waals surface area contributed by atoms with Crippen LogP contribution in [0.3, 0.4) is 0 Å². The Labute approximate surface area is 103 Å². The van der Waals surface area contributed by atoms with Gasteiger partial charge in [-0.25, -0.2) is 0 Å². The zero-order chi connectivity index (χ0) is 11.4. The van der Waals surface area contributed by atoms with Crippen LogP contribution in [-0.2, 0) is 6.54 Å². The Hall–Kier alpha value is -1.46. The van der Waals surface area contributed by atoms with E-state index in [-0.39, 0.29) is 0 Å². The molecule has 0 aliphatic rings. The van der Waals surface area contributed by atoms with Gasteiger partial charge in [-0.2, -0.15) is 0 Å². The smallest absolute Gasteiger partial charge is 0.122 e. The number of anilines is 1. The Morgan fingerprint density at radius 1 is 1.44 bits per heavy atom. The lowest BCUT2D eigenvalue weighted by Gasteiger charge is -2.04. The molecule has 0 spiro atoms. The normalized spacial score (nSPS) is 10.0. The quantitative estimate of drug-likeness (QED) is 0.817. The number of thiocarbonyl (C=S) groups is 1. The summed E-state index contributed by atoms with van der Waals surface area (Å²) < 4.78 is 0. The van der Waals surface area contributed by atoms with Gasteiger partial charge < -0.3 is 11.1 Å². The van der Waals surface area contributed by atoms with Gasteiger partial charge in [0.2, 0.25) is 0 Å². The molecule has 3 N–H and O–H groups in total. The molecule has 0 fully saturated rings. The molecule has 0 bridgehead atoms. The standard InChI is InChI=1S/C11H11N3S2/c12-11(15)10-4-3-8(6-14-10)13-7-9-2-1-5-16-9/h1-6,13H,7H2,(H2,12,15). The van der Waals surface area contributed by atoms with Crippen molar-refractivity contribution in [1.82, 2.24) is 4.98 Å². The van der Waals surface area contributed by atoms with E-state index >= 15 is 0 Å². The molecule has 0 unspecified atom stereocenters. The third-order valence-electron chi connectivity index (χ3n) is 2.06. The molecule has 2 rings (SSSR count). The molecule has 0 aromatic carbocycles. The molecule has 0 saturated heterocycles. The second kappa shape index (κ2) is 5.05. The molecule has 0 amide bonds. The first-order chi connectivity index (χ1) is 7.75. The van der Waals surface area contributed by atoms with Crippen molar-refractivity contribution < 1.29 is 0 Å². The number of aromatic nitrogens is 1. The maximum Gasteiger partial charge on any atom is 0.122 e. The van der Waals surface area contributed by atoms with E-state index in [1.54, 1.807) is 17.5 Å². The van der Waals surface area contributed by atoms with Crippen LogP contribution in [0.2, 0.25) is 0 Å². The van der Waals surface area contributed by atoms with E-state index < -0.39 is 0 Å². The van der Waals surface area contributed by atoms with Crippen molar-refractivity contribution in [2.24, 2.45) is 5.73 Å². The maximum atomic E-state index is 5.47. The van der Waals surface area contributed by atoms with Gasteiger partial charge in [-0.15, -0.1) is 11.3 Å². The lowest BCUT2D eigenvalue weighted by atomic mass is 10.3. The van der Waals surface area contributed by atoms with Crippen LogP contribution in [-0.4, -0.2) is 9.97 Å². The zero-order valence-electron chi connectivity index (χ0n) is 8.51. The van der Waals surface area contributed by atoms with Crippen molar-refractivity contribution in [3.8, 4) is 0 Å². The van der Waals surface area contributed by atoms with Crippen LogP contribution < -0.4 is 11.1 Å². The number of thiophene rings is 1. The van der Waals surface area contributed by atoms with Crippen molar-refractivity contribution in [2.45, 2.75) is 6.54 Å². The van der Waals surface area contributed by atoms with E-state index in [1.807, 2.05) is 18.2 Å². The van der Waals surface area contributed by atoms with Crippen LogP contribution in [0, 0.1) is 0 Å². The van der Waals surface area contributed by atoms with Gasteiger partial charge in [0.05, 0.1) is 17.6 Å². The molecular weight excluding hydrogens is 238 g/mol. The molecule has 0 saturated carbocycles. The summed E-state index contributed by atoms with van der Waals surface area (Å²) >= 11 is 6.56. The predicted octanol–water partition coefficient (Wildman–Crippen LogP) is 2.39. The maximum absolute atomic E-state index is 5.47. The van der Waals surface area contributed by atoms with Gasteiger partial charge in [-0.05, 0) is 23.6 Å². The van der Waals surface area contributed by atoms with Crippen molar-refractivity contribution in [3.63, 3.8) is 0 Å². The Morgan fingerprint density at radius 2 is 2.31 bits per heavy atom. The van der Waals surface area contributed by atoms with E-state index in [4.69, 9.17) is 18.0 Å². The summed E-state index contributed by atoms with van der Waals surface area (Å²) in [6, 6.07) is 7.87. The highest BCUT2D eigenvalue weighted by molar-refractivity contribution is 7.80. The Kier molecular flexibility index (Phi) is 3.48. The second-order valence-corrected chi connectivity index (χ2v) is 4.70. The van der Waals surface area contributed by atoms with Gasteiger partial charge in [0.1, 0.15) is 4.99 Å². The lowest BCUT2D eigenvalue weighted by molar-refractivity contribution is 1.17. The van der Waals surface area contributed by atoms with E-state index in [2.05, 4.69) is 21.7 Å². The highest BCUT2D eigenvalue weighted by atomic mass is 32.1. The third kappa shape index (κ3) is 2.77. The summed E-state index contributed by atoms with van der Waals surface area (Å²) in [5, 5.41) is 5.34. The van der Waals surface area contributed by atoms with Gasteiger partial charge in [-0.3, -0.25) is 4.98 Å². The van der Waals surface area contributed by atoms with Gasteiger partial charge in [0.15, 0.2) is 0 Å². The Bertz CT molecular complexity index is 462. The zero-order valence-corrected chi connectivity index (χ0v) is 10.1. The van der Waals surface area contributed by atoms with E-state index in [0.717, 1.165) is 12.2 Å². The first-order valence-electron chi connectivity index (χ1n) is 4.78. The first-order valence-corrected chi connectivity index (χ1v) is 6.06. The number of pyridine rings is 1. The summed E-state index contributed by atoms with van der Waals surface area (Å²) in [4.78, 5) is 5.77. The van der Waals surface area contributed by atoms with Crippen molar-refractivity contribution >= 4 is 34.2 Å². The molecule has 2 aromatic rings. The van der Waals surface area contributed by atoms with Crippen LogP contribution >= 0.6 is 23.6 Å². The fourth-order valence-electron chi connectivity index (χ4n) is 1.25. The number of nitrogens with one attached hydrogen (secondary N) is 1. The van der Waals surface area contributed by atoms with Gasteiger partial charge in [0, 0.05) is 11.4 Å². The van der Waals surface area contributed by atoms with E-state index in [1.165, 1.54) is 4.88 Å². The molecule has 5 heteroatoms. The molecule has 0 aliphatic heterocycles. The highest BCUT2D eigenvalue weighted by Gasteiger charge is 1.98. The predicted molar refractivity (Wildman–Crippen MR) is 71.8 cm³/mol. The first kappa shape index (κ1) is 11.0. The monoisotopic (exact) mass is 249 g/mol. The number of rotatable bonds is 4. The molecule has 0 atom stereocenters. The average Bonchev–Trinajstić information content (AvgIpc) is 2.80. The SMILES string of the molecule is NC(=S)c1ccc(NCc2cccs2)cn1. The second-order valence-electron chi connectivity index (χ2n) is 3.23. The van der Waals surface area contributed by atoms with Gasteiger partial charge in [-0.1, -0.05) is 18.3 Å². The molecule has 2 aromatic heterocycles. The van der Waals surface area contributed by atoms with E-state index in [0.29, 0.717) is 10.7 Å². The van der Waals surface area contributed by atoms with Crippen LogP contribution in [0.5, 0.6) is 0 Å². The molecule has 82 valence electrons. The number of hydrogen-bond donors (Lipinski definition) is 2. The summed E-state index contributed by atoms with van der Waals surface area (Å²) in [7, 11) is 0. The minimum absolute atomic E-state index is 0.324. The molecule has 16 heavy (non-hydrogen) atoms.